The van der Waals surface area contributed by atoms with Crippen LogP contribution in [0.15, 0.2) is 12.3 Å². The predicted molar refractivity (Wildman–Crippen MR) is 62.7 cm³/mol. The minimum absolute atomic E-state index is 0.317. The number of thioether (sulfide) groups is 2. The van der Waals surface area contributed by atoms with Gasteiger partial charge in [0.05, 0.1) is 7.11 Å². The van der Waals surface area contributed by atoms with Crippen molar-refractivity contribution in [1.29, 1.82) is 0 Å². The maximum absolute atomic E-state index is 10.7. The van der Waals surface area contributed by atoms with E-state index in [2.05, 4.69) is 10.1 Å². The summed E-state index contributed by atoms with van der Waals surface area (Å²) in [6.07, 6.45) is 3.06. The molecule has 1 rings (SSSR count). The van der Waals surface area contributed by atoms with E-state index in [4.69, 9.17) is 0 Å². The smallest absolute Gasteiger partial charge is 0.331 e. The van der Waals surface area contributed by atoms with E-state index in [9.17, 15) is 4.79 Å². The van der Waals surface area contributed by atoms with Crippen LogP contribution < -0.4 is 5.32 Å². The molecular formula is C9H15NO2S2. The fourth-order valence-corrected chi connectivity index (χ4v) is 3.67. The number of esters is 1. The molecule has 0 bridgehead atoms. The molecule has 1 fully saturated rings. The van der Waals surface area contributed by atoms with E-state index in [1.54, 1.807) is 6.20 Å². The van der Waals surface area contributed by atoms with Crippen LogP contribution in [-0.2, 0) is 9.53 Å². The Bertz CT molecular complexity index is 203. The van der Waals surface area contributed by atoms with E-state index in [0.717, 1.165) is 6.54 Å². The van der Waals surface area contributed by atoms with Crippen LogP contribution in [0.4, 0.5) is 0 Å². The number of rotatable bonds is 4. The molecule has 0 aromatic rings. The van der Waals surface area contributed by atoms with Crippen molar-refractivity contribution >= 4 is 29.5 Å². The summed E-state index contributed by atoms with van der Waals surface area (Å²) in [5.41, 5.74) is 0. The van der Waals surface area contributed by atoms with Gasteiger partial charge in [-0.15, -0.1) is 0 Å². The van der Waals surface area contributed by atoms with E-state index in [-0.39, 0.29) is 5.97 Å². The molecule has 0 aromatic heterocycles. The molecule has 1 unspecified atom stereocenters. The molecule has 0 aromatic carbocycles. The van der Waals surface area contributed by atoms with Crippen LogP contribution in [0.2, 0.25) is 0 Å². The van der Waals surface area contributed by atoms with Crippen LogP contribution in [0.3, 0.4) is 0 Å². The second-order valence-electron chi connectivity index (χ2n) is 2.83. The Morgan fingerprint density at radius 3 is 3.14 bits per heavy atom. The second kappa shape index (κ2) is 7.06. The van der Waals surface area contributed by atoms with Crippen molar-refractivity contribution in [3.05, 3.63) is 12.3 Å². The SMILES string of the molecule is COC(=O)/C=C/NCC1CSCCS1. The summed E-state index contributed by atoms with van der Waals surface area (Å²) >= 11 is 3.99. The van der Waals surface area contributed by atoms with E-state index in [1.165, 1.54) is 30.4 Å². The monoisotopic (exact) mass is 233 g/mol. The molecular weight excluding hydrogens is 218 g/mol. The molecule has 1 atom stereocenters. The molecule has 1 aliphatic heterocycles. The Balaban J connectivity index is 2.07. The zero-order valence-electron chi connectivity index (χ0n) is 8.19. The Kier molecular flexibility index (Phi) is 5.94. The third-order valence-electron chi connectivity index (χ3n) is 1.77. The number of carbonyl (C=O) groups is 1. The lowest BCUT2D eigenvalue weighted by molar-refractivity contribution is -0.134. The summed E-state index contributed by atoms with van der Waals surface area (Å²) in [6.45, 7) is 0.922. The lowest BCUT2D eigenvalue weighted by Crippen LogP contribution is -2.25. The van der Waals surface area contributed by atoms with Crippen molar-refractivity contribution in [2.75, 3.05) is 30.9 Å². The molecule has 80 valence electrons. The van der Waals surface area contributed by atoms with E-state index in [1.807, 2.05) is 23.5 Å². The summed E-state index contributed by atoms with van der Waals surface area (Å²) in [5, 5.41) is 3.77. The highest BCUT2D eigenvalue weighted by molar-refractivity contribution is 8.06. The van der Waals surface area contributed by atoms with Crippen molar-refractivity contribution in [1.82, 2.24) is 5.32 Å². The van der Waals surface area contributed by atoms with Gasteiger partial charge in [-0.05, 0) is 0 Å². The van der Waals surface area contributed by atoms with Gasteiger partial charge in [0, 0.05) is 41.3 Å². The maximum atomic E-state index is 10.7. The molecule has 5 heteroatoms. The number of hydrogen-bond donors (Lipinski definition) is 1. The third-order valence-corrected chi connectivity index (χ3v) is 4.61. The molecule has 0 radical (unpaired) electrons. The van der Waals surface area contributed by atoms with E-state index < -0.39 is 0 Å². The van der Waals surface area contributed by atoms with Crippen LogP contribution in [-0.4, -0.2) is 42.1 Å². The first-order valence-corrected chi connectivity index (χ1v) is 6.70. The molecule has 1 aliphatic rings. The molecule has 1 N–H and O–H groups in total. The minimum Gasteiger partial charge on any atom is -0.466 e. The average molecular weight is 233 g/mol. The van der Waals surface area contributed by atoms with Crippen molar-refractivity contribution in [3.8, 4) is 0 Å². The highest BCUT2D eigenvalue weighted by atomic mass is 32.2. The zero-order chi connectivity index (χ0) is 10.2. The van der Waals surface area contributed by atoms with Crippen molar-refractivity contribution in [2.45, 2.75) is 5.25 Å². The molecule has 1 heterocycles. The fourth-order valence-electron chi connectivity index (χ4n) is 1.05. The van der Waals surface area contributed by atoms with Crippen LogP contribution in [0.5, 0.6) is 0 Å². The number of methoxy groups -OCH3 is 1. The Hall–Kier alpha value is -0.290. The van der Waals surface area contributed by atoms with Gasteiger partial charge in [0.1, 0.15) is 0 Å². The van der Waals surface area contributed by atoms with Crippen molar-refractivity contribution < 1.29 is 9.53 Å². The fraction of sp³-hybridized carbons (Fsp3) is 0.667. The molecule has 0 amide bonds. The first-order chi connectivity index (χ1) is 6.83. The van der Waals surface area contributed by atoms with Gasteiger partial charge in [-0.1, -0.05) is 0 Å². The minimum atomic E-state index is -0.317. The molecule has 14 heavy (non-hydrogen) atoms. The quantitative estimate of drug-likeness (QED) is 0.582. The Morgan fingerprint density at radius 2 is 2.50 bits per heavy atom. The first kappa shape index (κ1) is 11.8. The van der Waals surface area contributed by atoms with Gasteiger partial charge < -0.3 is 10.1 Å². The van der Waals surface area contributed by atoms with Crippen molar-refractivity contribution in [3.63, 3.8) is 0 Å². The van der Waals surface area contributed by atoms with Gasteiger partial charge in [0.2, 0.25) is 0 Å². The van der Waals surface area contributed by atoms with E-state index in [0.29, 0.717) is 5.25 Å². The van der Waals surface area contributed by atoms with Gasteiger partial charge in [-0.3, -0.25) is 0 Å². The number of ether oxygens (including phenoxy) is 1. The van der Waals surface area contributed by atoms with Crippen molar-refractivity contribution in [2.24, 2.45) is 0 Å². The van der Waals surface area contributed by atoms with Crippen LogP contribution >= 0.6 is 23.5 Å². The maximum Gasteiger partial charge on any atom is 0.331 e. The topological polar surface area (TPSA) is 38.3 Å². The Labute approximate surface area is 93.0 Å². The van der Waals surface area contributed by atoms with Gasteiger partial charge in [-0.25, -0.2) is 4.79 Å². The van der Waals surface area contributed by atoms with E-state index >= 15 is 0 Å². The highest BCUT2D eigenvalue weighted by Gasteiger charge is 2.12. The Morgan fingerprint density at radius 1 is 1.64 bits per heavy atom. The number of nitrogens with one attached hydrogen (secondary N) is 1. The lowest BCUT2D eigenvalue weighted by atomic mass is 10.4. The van der Waals surface area contributed by atoms with Gasteiger partial charge in [-0.2, -0.15) is 23.5 Å². The average Bonchev–Trinajstić information content (AvgIpc) is 2.25. The summed E-state index contributed by atoms with van der Waals surface area (Å²) in [6, 6.07) is 0. The molecule has 0 aliphatic carbocycles. The summed E-state index contributed by atoms with van der Waals surface area (Å²) < 4.78 is 4.47. The zero-order valence-corrected chi connectivity index (χ0v) is 9.83. The van der Waals surface area contributed by atoms with Crippen LogP contribution in [0.25, 0.3) is 0 Å². The second-order valence-corrected chi connectivity index (χ2v) is 5.39. The first-order valence-electron chi connectivity index (χ1n) is 4.50. The summed E-state index contributed by atoms with van der Waals surface area (Å²) in [7, 11) is 1.38. The predicted octanol–water partition coefficient (Wildman–Crippen LogP) is 1.11. The number of hydrogen-bond acceptors (Lipinski definition) is 5. The molecule has 0 saturated carbocycles. The van der Waals surface area contributed by atoms with Gasteiger partial charge in [0.15, 0.2) is 0 Å². The molecule has 3 nitrogen and oxygen atoms in total. The van der Waals surface area contributed by atoms with Gasteiger partial charge in [0.25, 0.3) is 0 Å². The lowest BCUT2D eigenvalue weighted by Gasteiger charge is -2.20. The van der Waals surface area contributed by atoms with Crippen LogP contribution in [0.1, 0.15) is 0 Å². The normalized spacial score (nSPS) is 22.2. The van der Waals surface area contributed by atoms with Gasteiger partial charge >= 0.3 is 5.97 Å². The summed E-state index contributed by atoms with van der Waals surface area (Å²) in [5.74, 6) is 3.38. The molecule has 0 spiro atoms. The highest BCUT2D eigenvalue weighted by Crippen LogP contribution is 2.23. The molecule has 1 saturated heterocycles. The standard InChI is InChI=1S/C9H15NO2S2/c1-12-9(11)2-3-10-6-8-7-13-4-5-14-8/h2-3,8,10H,4-7H2,1H3/b3-2+. The van der Waals surface area contributed by atoms with Crippen LogP contribution in [0, 0.1) is 0 Å². The largest absolute Gasteiger partial charge is 0.466 e. The third kappa shape index (κ3) is 4.81. The summed E-state index contributed by atoms with van der Waals surface area (Å²) in [4.78, 5) is 10.7. The number of carbonyl (C=O) groups excluding carboxylic acids is 1.